The lowest BCUT2D eigenvalue weighted by Gasteiger charge is -2.37. The van der Waals surface area contributed by atoms with Gasteiger partial charge in [0.15, 0.2) is 12.3 Å². The van der Waals surface area contributed by atoms with Gasteiger partial charge in [-0.15, -0.1) is 0 Å². The van der Waals surface area contributed by atoms with Gasteiger partial charge in [-0.1, -0.05) is 36.4 Å². The topological polar surface area (TPSA) is 84.7 Å². The Morgan fingerprint density at radius 3 is 2.72 bits per heavy atom. The zero-order chi connectivity index (χ0) is 22.7. The molecule has 32 heavy (non-hydrogen) atoms. The molecule has 2 aromatic carbocycles. The minimum Gasteiger partial charge on any atom is -0.484 e. The Labute approximate surface area is 187 Å². The lowest BCUT2D eigenvalue weighted by atomic mass is 9.88. The van der Waals surface area contributed by atoms with Crippen molar-refractivity contribution in [2.45, 2.75) is 45.9 Å². The third-order valence-electron chi connectivity index (χ3n) is 5.43. The second-order valence-electron chi connectivity index (χ2n) is 8.18. The maximum Gasteiger partial charge on any atom is 0.273 e. The normalized spacial score (nSPS) is 15.4. The Bertz CT molecular complexity index is 1110. The van der Waals surface area contributed by atoms with Gasteiger partial charge >= 0.3 is 0 Å². The van der Waals surface area contributed by atoms with Crippen LogP contribution in [0.2, 0.25) is 0 Å². The van der Waals surface area contributed by atoms with Crippen molar-refractivity contribution in [1.82, 2.24) is 15.2 Å². The van der Waals surface area contributed by atoms with Gasteiger partial charge in [-0.05, 0) is 49.1 Å². The first kappa shape index (κ1) is 21.6. The highest BCUT2D eigenvalue weighted by molar-refractivity contribution is 5.92. The highest BCUT2D eigenvalue weighted by atomic mass is 16.5. The number of nitrogens with one attached hydrogen (secondary N) is 1. The van der Waals surface area contributed by atoms with E-state index >= 15 is 0 Å². The first-order valence-corrected chi connectivity index (χ1v) is 10.8. The molecule has 1 aromatic heterocycles. The predicted octanol–water partition coefficient (Wildman–Crippen LogP) is 3.89. The maximum atomic E-state index is 12.4. The molecular formula is C25H27N3O4. The molecule has 0 saturated heterocycles. The van der Waals surface area contributed by atoms with Crippen molar-refractivity contribution in [1.29, 1.82) is 0 Å². The Morgan fingerprint density at radius 1 is 1.22 bits per heavy atom. The standard InChI is InChI=1S/C25H27N3O4/c1-16(2)26-25(30)22-14-32-23(27-22)15-31-20-10-9-18-11-12-28(17(3)29)24(21(18)13-20)19-7-5-4-6-8-19/h4-10,13-14,16,24H,11-12,15H2,1-3H3,(H,26,30). The van der Waals surface area contributed by atoms with Crippen LogP contribution in [0.25, 0.3) is 0 Å². The van der Waals surface area contributed by atoms with Gasteiger partial charge in [0.05, 0.1) is 6.04 Å². The smallest absolute Gasteiger partial charge is 0.273 e. The zero-order valence-electron chi connectivity index (χ0n) is 18.5. The average Bonchev–Trinajstić information content (AvgIpc) is 3.26. The second-order valence-corrected chi connectivity index (χ2v) is 8.18. The highest BCUT2D eigenvalue weighted by Gasteiger charge is 2.30. The fourth-order valence-corrected chi connectivity index (χ4v) is 3.98. The first-order valence-electron chi connectivity index (χ1n) is 10.8. The fraction of sp³-hybridized carbons (Fsp3) is 0.320. The van der Waals surface area contributed by atoms with Crippen molar-refractivity contribution >= 4 is 11.8 Å². The molecular weight excluding hydrogens is 406 g/mol. The zero-order valence-corrected chi connectivity index (χ0v) is 18.5. The minimum absolute atomic E-state index is 0.0153. The number of amides is 2. The maximum absolute atomic E-state index is 12.4. The molecule has 0 aliphatic carbocycles. The number of carbonyl (C=O) groups is 2. The number of nitrogens with zero attached hydrogens (tertiary/aromatic N) is 2. The second kappa shape index (κ2) is 9.26. The number of aromatic nitrogens is 1. The molecule has 0 radical (unpaired) electrons. The molecule has 4 rings (SSSR count). The van der Waals surface area contributed by atoms with Crippen molar-refractivity contribution in [3.8, 4) is 5.75 Å². The summed E-state index contributed by atoms with van der Waals surface area (Å²) < 4.78 is 11.3. The average molecular weight is 434 g/mol. The molecule has 7 nitrogen and oxygen atoms in total. The van der Waals surface area contributed by atoms with Gasteiger partial charge < -0.3 is 19.4 Å². The summed E-state index contributed by atoms with van der Waals surface area (Å²) in [5, 5.41) is 2.78. The number of ether oxygens (including phenoxy) is 1. The van der Waals surface area contributed by atoms with Crippen molar-refractivity contribution in [3.63, 3.8) is 0 Å². The third kappa shape index (κ3) is 4.66. The monoisotopic (exact) mass is 433 g/mol. The Kier molecular flexibility index (Phi) is 6.25. The van der Waals surface area contributed by atoms with E-state index in [9.17, 15) is 9.59 Å². The number of oxazole rings is 1. The summed E-state index contributed by atoms with van der Waals surface area (Å²) in [4.78, 5) is 30.5. The molecule has 0 bridgehead atoms. The number of hydrogen-bond donors (Lipinski definition) is 1. The van der Waals surface area contributed by atoms with Crippen LogP contribution in [0.4, 0.5) is 0 Å². The third-order valence-corrected chi connectivity index (χ3v) is 5.43. The van der Waals surface area contributed by atoms with Crippen LogP contribution in [0, 0.1) is 0 Å². The van der Waals surface area contributed by atoms with E-state index < -0.39 is 0 Å². The molecule has 1 atom stereocenters. The van der Waals surface area contributed by atoms with E-state index in [4.69, 9.17) is 9.15 Å². The molecule has 7 heteroatoms. The number of rotatable bonds is 6. The van der Waals surface area contributed by atoms with Gasteiger partial charge in [-0.25, -0.2) is 4.98 Å². The summed E-state index contributed by atoms with van der Waals surface area (Å²) >= 11 is 0. The van der Waals surface area contributed by atoms with Gasteiger partial charge in [0.2, 0.25) is 11.8 Å². The van der Waals surface area contributed by atoms with Crippen LogP contribution in [0.5, 0.6) is 5.75 Å². The van der Waals surface area contributed by atoms with Crippen LogP contribution in [-0.2, 0) is 17.8 Å². The Balaban J connectivity index is 1.54. The van der Waals surface area contributed by atoms with Crippen LogP contribution in [0.1, 0.15) is 59.9 Å². The van der Waals surface area contributed by atoms with E-state index in [1.807, 2.05) is 61.2 Å². The molecule has 2 amide bonds. The molecule has 2 heterocycles. The van der Waals surface area contributed by atoms with Gasteiger partial charge in [-0.3, -0.25) is 9.59 Å². The van der Waals surface area contributed by atoms with Crippen molar-refractivity contribution in [3.05, 3.63) is 83.1 Å². The quantitative estimate of drug-likeness (QED) is 0.638. The molecule has 166 valence electrons. The summed E-state index contributed by atoms with van der Waals surface area (Å²) in [6.07, 6.45) is 2.13. The number of benzene rings is 2. The van der Waals surface area contributed by atoms with E-state index in [1.165, 1.54) is 11.8 Å². The molecule has 1 N–H and O–H groups in total. The molecule has 1 aliphatic heterocycles. The number of hydrogen-bond acceptors (Lipinski definition) is 5. The van der Waals surface area contributed by atoms with Gasteiger partial charge in [-0.2, -0.15) is 0 Å². The lowest BCUT2D eigenvalue weighted by molar-refractivity contribution is -0.130. The SMILES string of the molecule is CC(=O)N1CCc2ccc(OCc3nc(C(=O)NC(C)C)co3)cc2C1c1ccccc1. The summed E-state index contributed by atoms with van der Waals surface area (Å²) in [5.41, 5.74) is 3.55. The van der Waals surface area contributed by atoms with Gasteiger partial charge in [0.25, 0.3) is 5.91 Å². The van der Waals surface area contributed by atoms with Gasteiger partial charge in [0.1, 0.15) is 12.0 Å². The van der Waals surface area contributed by atoms with E-state index in [2.05, 4.69) is 16.4 Å². The molecule has 1 unspecified atom stereocenters. The summed E-state index contributed by atoms with van der Waals surface area (Å²) in [7, 11) is 0. The molecule has 0 fully saturated rings. The lowest BCUT2D eigenvalue weighted by Crippen LogP contribution is -2.39. The molecule has 1 aliphatic rings. The molecule has 0 spiro atoms. The van der Waals surface area contributed by atoms with Gasteiger partial charge in [0, 0.05) is 19.5 Å². The Hall–Kier alpha value is -3.61. The van der Waals surface area contributed by atoms with E-state index in [0.29, 0.717) is 18.2 Å². The van der Waals surface area contributed by atoms with Crippen molar-refractivity contribution < 1.29 is 18.7 Å². The highest BCUT2D eigenvalue weighted by Crippen LogP contribution is 2.37. The first-order chi connectivity index (χ1) is 15.4. The van der Waals surface area contributed by atoms with E-state index in [0.717, 1.165) is 17.5 Å². The summed E-state index contributed by atoms with van der Waals surface area (Å²) in [5.74, 6) is 0.740. The van der Waals surface area contributed by atoms with Crippen molar-refractivity contribution in [2.24, 2.45) is 0 Å². The van der Waals surface area contributed by atoms with E-state index in [-0.39, 0.29) is 36.2 Å². The van der Waals surface area contributed by atoms with Crippen molar-refractivity contribution in [2.75, 3.05) is 6.54 Å². The minimum atomic E-state index is -0.279. The molecule has 3 aromatic rings. The van der Waals surface area contributed by atoms with Crippen LogP contribution < -0.4 is 10.1 Å². The van der Waals surface area contributed by atoms with Crippen LogP contribution >= 0.6 is 0 Å². The Morgan fingerprint density at radius 2 is 2.00 bits per heavy atom. The predicted molar refractivity (Wildman–Crippen MR) is 119 cm³/mol. The van der Waals surface area contributed by atoms with Crippen LogP contribution in [-0.4, -0.2) is 34.3 Å². The summed E-state index contributed by atoms with van der Waals surface area (Å²) in [6.45, 7) is 6.15. The molecule has 0 saturated carbocycles. The van der Waals surface area contributed by atoms with Crippen LogP contribution in [0.3, 0.4) is 0 Å². The van der Waals surface area contributed by atoms with E-state index in [1.54, 1.807) is 6.92 Å². The van der Waals surface area contributed by atoms with Crippen LogP contribution in [0.15, 0.2) is 59.2 Å². The summed E-state index contributed by atoms with van der Waals surface area (Å²) in [6, 6.07) is 15.8. The largest absolute Gasteiger partial charge is 0.484 e. The number of carbonyl (C=O) groups excluding carboxylic acids is 2. The fourth-order valence-electron chi connectivity index (χ4n) is 3.98. The number of fused-ring (bicyclic) bond motifs is 1.